The summed E-state index contributed by atoms with van der Waals surface area (Å²) < 4.78 is 13.5. The van der Waals surface area contributed by atoms with Gasteiger partial charge in [-0.25, -0.2) is 4.39 Å². The number of nitrogens with one attached hydrogen (secondary N) is 1. The first-order valence-corrected chi connectivity index (χ1v) is 7.19. The van der Waals surface area contributed by atoms with Crippen LogP contribution in [-0.2, 0) is 0 Å². The fraction of sp³-hybridized carbons (Fsp3) is 0.533. The van der Waals surface area contributed by atoms with Crippen molar-refractivity contribution in [3.8, 4) is 6.07 Å². The number of rotatable bonds is 3. The van der Waals surface area contributed by atoms with E-state index in [-0.39, 0.29) is 5.02 Å². The molecule has 19 heavy (non-hydrogen) atoms. The van der Waals surface area contributed by atoms with Crippen LogP contribution in [0.15, 0.2) is 18.2 Å². The van der Waals surface area contributed by atoms with Gasteiger partial charge in [0.2, 0.25) is 0 Å². The third-order valence-electron chi connectivity index (χ3n) is 3.66. The monoisotopic (exact) mass is 280 g/mol. The van der Waals surface area contributed by atoms with Crippen molar-refractivity contribution in [3.05, 3.63) is 34.6 Å². The molecule has 0 heterocycles. The molecule has 2 nitrogen and oxygen atoms in total. The lowest BCUT2D eigenvalue weighted by molar-refractivity contribution is 0.436. The van der Waals surface area contributed by atoms with Crippen LogP contribution in [0.25, 0.3) is 0 Å². The predicted molar refractivity (Wildman–Crippen MR) is 74.4 cm³/mol. The topological polar surface area (TPSA) is 35.8 Å². The molecule has 0 aromatic heterocycles. The first-order valence-electron chi connectivity index (χ1n) is 6.81. The van der Waals surface area contributed by atoms with Crippen molar-refractivity contribution < 1.29 is 4.39 Å². The second-order valence-corrected chi connectivity index (χ2v) is 5.50. The highest BCUT2D eigenvalue weighted by Gasteiger charge is 2.18. The van der Waals surface area contributed by atoms with Crippen LogP contribution in [0.3, 0.4) is 0 Å². The molecule has 1 aromatic rings. The average Bonchev–Trinajstić information content (AvgIpc) is 2.68. The van der Waals surface area contributed by atoms with E-state index in [1.54, 1.807) is 6.07 Å². The molecule has 1 aromatic carbocycles. The highest BCUT2D eigenvalue weighted by Crippen LogP contribution is 2.23. The van der Waals surface area contributed by atoms with E-state index in [9.17, 15) is 9.65 Å². The fourth-order valence-electron chi connectivity index (χ4n) is 2.58. The minimum absolute atomic E-state index is 0.0925. The predicted octanol–water partition coefficient (Wildman–Crippen LogP) is 4.36. The highest BCUT2D eigenvalue weighted by atomic mass is 35.5. The number of halogens is 2. The first kappa shape index (κ1) is 14.3. The molecule has 0 bridgehead atoms. The number of hydrogen-bond acceptors (Lipinski definition) is 2. The molecule has 0 radical (unpaired) electrons. The Bertz CT molecular complexity index is 462. The Kier molecular flexibility index (Phi) is 5.18. The Balaban J connectivity index is 2.06. The van der Waals surface area contributed by atoms with E-state index in [1.807, 2.05) is 0 Å². The molecule has 0 spiro atoms. The molecule has 1 fully saturated rings. The molecule has 1 saturated carbocycles. The standard InChI is InChI=1S/C15H18ClFN2/c16-13-8-7-11(9-14(13)17)15(10-18)19-12-5-3-1-2-4-6-12/h7-9,12,15,19H,1-6H2. The van der Waals surface area contributed by atoms with E-state index in [0.29, 0.717) is 11.6 Å². The van der Waals surface area contributed by atoms with Crippen molar-refractivity contribution in [2.45, 2.75) is 50.6 Å². The number of benzene rings is 1. The number of nitrogens with zero attached hydrogens (tertiary/aromatic N) is 1. The highest BCUT2D eigenvalue weighted by molar-refractivity contribution is 6.30. The zero-order valence-corrected chi connectivity index (χ0v) is 11.6. The van der Waals surface area contributed by atoms with E-state index in [0.717, 1.165) is 12.8 Å². The van der Waals surface area contributed by atoms with Crippen LogP contribution in [-0.4, -0.2) is 6.04 Å². The van der Waals surface area contributed by atoms with E-state index < -0.39 is 11.9 Å². The van der Waals surface area contributed by atoms with Crippen LogP contribution in [0.5, 0.6) is 0 Å². The second-order valence-electron chi connectivity index (χ2n) is 5.09. The molecule has 0 aliphatic heterocycles. The van der Waals surface area contributed by atoms with E-state index in [4.69, 9.17) is 11.6 Å². The van der Waals surface area contributed by atoms with Gasteiger partial charge in [0, 0.05) is 6.04 Å². The van der Waals surface area contributed by atoms with Gasteiger partial charge in [-0.05, 0) is 30.5 Å². The summed E-state index contributed by atoms with van der Waals surface area (Å²) in [5.41, 5.74) is 0.647. The Morgan fingerprint density at radius 1 is 1.26 bits per heavy atom. The van der Waals surface area contributed by atoms with Gasteiger partial charge in [-0.15, -0.1) is 0 Å². The third kappa shape index (κ3) is 3.92. The van der Waals surface area contributed by atoms with Gasteiger partial charge in [0.05, 0.1) is 11.1 Å². The van der Waals surface area contributed by atoms with Crippen LogP contribution in [0.4, 0.5) is 4.39 Å². The van der Waals surface area contributed by atoms with Gasteiger partial charge < -0.3 is 0 Å². The second kappa shape index (κ2) is 6.88. The summed E-state index contributed by atoms with van der Waals surface area (Å²) in [6.45, 7) is 0. The van der Waals surface area contributed by atoms with E-state index >= 15 is 0 Å². The van der Waals surface area contributed by atoms with Crippen LogP contribution in [0.1, 0.15) is 50.1 Å². The van der Waals surface area contributed by atoms with Crippen molar-refractivity contribution in [2.24, 2.45) is 0 Å². The van der Waals surface area contributed by atoms with Crippen molar-refractivity contribution in [3.63, 3.8) is 0 Å². The summed E-state index contributed by atoms with van der Waals surface area (Å²) in [6, 6.07) is 6.67. The Hall–Kier alpha value is -1.11. The molecule has 1 aliphatic rings. The Morgan fingerprint density at radius 2 is 1.95 bits per heavy atom. The zero-order valence-electron chi connectivity index (χ0n) is 10.8. The third-order valence-corrected chi connectivity index (χ3v) is 3.97. The lowest BCUT2D eigenvalue weighted by Crippen LogP contribution is -2.31. The molecule has 4 heteroatoms. The molecule has 0 saturated heterocycles. The van der Waals surface area contributed by atoms with Gasteiger partial charge in [-0.3, -0.25) is 5.32 Å². The maximum Gasteiger partial charge on any atom is 0.142 e. The molecular weight excluding hydrogens is 263 g/mol. The van der Waals surface area contributed by atoms with Crippen molar-refractivity contribution in [2.75, 3.05) is 0 Å². The quantitative estimate of drug-likeness (QED) is 0.835. The zero-order chi connectivity index (χ0) is 13.7. The van der Waals surface area contributed by atoms with Crippen molar-refractivity contribution in [1.29, 1.82) is 5.26 Å². The lowest BCUT2D eigenvalue weighted by Gasteiger charge is -2.20. The molecule has 1 unspecified atom stereocenters. The van der Waals surface area contributed by atoms with Gasteiger partial charge in [0.15, 0.2) is 0 Å². The van der Waals surface area contributed by atoms with Crippen LogP contribution in [0.2, 0.25) is 5.02 Å². The summed E-state index contributed by atoms with van der Waals surface area (Å²) in [6.07, 6.45) is 7.12. The molecule has 2 rings (SSSR count). The lowest BCUT2D eigenvalue weighted by atomic mass is 10.0. The minimum Gasteiger partial charge on any atom is -0.295 e. The van der Waals surface area contributed by atoms with Gasteiger partial charge >= 0.3 is 0 Å². The molecular formula is C15H18ClFN2. The van der Waals surface area contributed by atoms with Crippen LogP contribution < -0.4 is 5.32 Å². The molecule has 1 aliphatic carbocycles. The maximum atomic E-state index is 13.5. The maximum absolute atomic E-state index is 13.5. The van der Waals surface area contributed by atoms with Crippen molar-refractivity contribution in [1.82, 2.24) is 5.32 Å². The van der Waals surface area contributed by atoms with Gasteiger partial charge in [-0.2, -0.15) is 5.26 Å². The molecule has 0 amide bonds. The summed E-state index contributed by atoms with van der Waals surface area (Å²) in [7, 11) is 0. The smallest absolute Gasteiger partial charge is 0.142 e. The van der Waals surface area contributed by atoms with Crippen LogP contribution in [0, 0.1) is 17.1 Å². The summed E-state index contributed by atoms with van der Waals surface area (Å²) in [5, 5.41) is 12.7. The molecule has 1 N–H and O–H groups in total. The summed E-state index contributed by atoms with van der Waals surface area (Å²) in [5.74, 6) is -0.470. The van der Waals surface area contributed by atoms with Gasteiger partial charge in [0.25, 0.3) is 0 Å². The van der Waals surface area contributed by atoms with E-state index in [1.165, 1.54) is 37.8 Å². The Labute approximate surface area is 118 Å². The first-order chi connectivity index (χ1) is 9.20. The van der Waals surface area contributed by atoms with Gasteiger partial charge in [-0.1, -0.05) is 43.4 Å². The average molecular weight is 281 g/mol. The van der Waals surface area contributed by atoms with Crippen molar-refractivity contribution >= 4 is 11.6 Å². The number of hydrogen-bond donors (Lipinski definition) is 1. The Morgan fingerprint density at radius 3 is 2.53 bits per heavy atom. The minimum atomic E-state index is -0.470. The van der Waals surface area contributed by atoms with Gasteiger partial charge in [0.1, 0.15) is 11.9 Å². The van der Waals surface area contributed by atoms with E-state index in [2.05, 4.69) is 11.4 Å². The fourth-order valence-corrected chi connectivity index (χ4v) is 2.70. The summed E-state index contributed by atoms with van der Waals surface area (Å²) in [4.78, 5) is 0. The van der Waals surface area contributed by atoms with Crippen LogP contribution >= 0.6 is 11.6 Å². The molecule has 102 valence electrons. The number of nitriles is 1. The largest absolute Gasteiger partial charge is 0.295 e. The molecule has 1 atom stereocenters. The SMILES string of the molecule is N#CC(NC1CCCCCC1)c1ccc(Cl)c(F)c1. The normalized spacial score (nSPS) is 18.6. The summed E-state index contributed by atoms with van der Waals surface area (Å²) >= 11 is 5.66.